The Morgan fingerprint density at radius 2 is 2.21 bits per heavy atom. The van der Waals surface area contributed by atoms with Gasteiger partial charge in [0.2, 0.25) is 0 Å². The highest BCUT2D eigenvalue weighted by molar-refractivity contribution is 7.16. The molecule has 0 fully saturated rings. The van der Waals surface area contributed by atoms with E-state index in [1.165, 1.54) is 0 Å². The summed E-state index contributed by atoms with van der Waals surface area (Å²) in [4.78, 5) is 16.2. The maximum atomic E-state index is 5.94. The van der Waals surface area contributed by atoms with Gasteiger partial charge >= 0.3 is 0 Å². The minimum absolute atomic E-state index is 0.559. The zero-order valence-electron chi connectivity index (χ0n) is 10.4. The predicted octanol–water partition coefficient (Wildman–Crippen LogP) is 2.36. The summed E-state index contributed by atoms with van der Waals surface area (Å²) in [5.74, 6) is 1.31. The third-order valence-corrected chi connectivity index (χ3v) is 4.17. The van der Waals surface area contributed by atoms with Gasteiger partial charge in [-0.3, -0.25) is 4.90 Å². The molecule has 7 heteroatoms. The summed E-state index contributed by atoms with van der Waals surface area (Å²) >= 11 is 3.19. The average molecular weight is 291 g/mol. The van der Waals surface area contributed by atoms with Crippen LogP contribution < -0.4 is 5.73 Å². The van der Waals surface area contributed by atoms with Gasteiger partial charge in [0.1, 0.15) is 16.5 Å². The van der Waals surface area contributed by atoms with E-state index in [1.807, 2.05) is 29.4 Å². The Balaban J connectivity index is 1.77. The van der Waals surface area contributed by atoms with Crippen molar-refractivity contribution in [3.8, 4) is 0 Å². The lowest BCUT2D eigenvalue weighted by Crippen LogP contribution is -2.19. The number of nitrogens with two attached hydrogens (primary N) is 1. The molecule has 3 aromatic rings. The normalized spacial score (nSPS) is 11.5. The largest absolute Gasteiger partial charge is 0.383 e. The summed E-state index contributed by atoms with van der Waals surface area (Å²) in [5.41, 5.74) is 8.85. The first-order chi connectivity index (χ1) is 9.22. The summed E-state index contributed by atoms with van der Waals surface area (Å²) in [6.45, 7) is 1.45. The van der Waals surface area contributed by atoms with Crippen LogP contribution in [-0.2, 0) is 13.1 Å². The second-order valence-corrected chi connectivity index (χ2v) is 5.93. The van der Waals surface area contributed by atoms with Crippen molar-refractivity contribution in [2.24, 2.45) is 0 Å². The first-order valence-corrected chi connectivity index (χ1v) is 7.60. The maximum absolute atomic E-state index is 5.94. The number of hydrogen-bond acceptors (Lipinski definition) is 7. The van der Waals surface area contributed by atoms with E-state index in [4.69, 9.17) is 5.73 Å². The number of thiazole rings is 1. The number of nitrogen functional groups attached to an aromatic ring is 1. The molecule has 3 heterocycles. The molecule has 0 saturated carbocycles. The summed E-state index contributed by atoms with van der Waals surface area (Å²) in [7, 11) is 2.03. The van der Waals surface area contributed by atoms with E-state index < -0.39 is 0 Å². The highest BCUT2D eigenvalue weighted by atomic mass is 32.1. The van der Waals surface area contributed by atoms with Crippen LogP contribution >= 0.6 is 22.7 Å². The van der Waals surface area contributed by atoms with Crippen molar-refractivity contribution in [1.29, 1.82) is 0 Å². The van der Waals surface area contributed by atoms with E-state index in [-0.39, 0.29) is 0 Å². The van der Waals surface area contributed by atoms with Crippen molar-refractivity contribution < 1.29 is 0 Å². The Morgan fingerprint density at radius 3 is 3.00 bits per heavy atom. The average Bonchev–Trinajstić information content (AvgIpc) is 2.99. The zero-order valence-corrected chi connectivity index (χ0v) is 12.0. The molecule has 98 valence electrons. The van der Waals surface area contributed by atoms with Gasteiger partial charge in [0.15, 0.2) is 0 Å². The van der Waals surface area contributed by atoms with E-state index in [9.17, 15) is 0 Å². The van der Waals surface area contributed by atoms with E-state index >= 15 is 0 Å². The third kappa shape index (κ3) is 2.73. The second kappa shape index (κ2) is 5.20. The van der Waals surface area contributed by atoms with Crippen LogP contribution in [0.25, 0.3) is 10.2 Å². The summed E-state index contributed by atoms with van der Waals surface area (Å²) in [6, 6.07) is 1.96. The highest BCUT2D eigenvalue weighted by Crippen LogP contribution is 2.23. The van der Waals surface area contributed by atoms with Crippen LogP contribution in [0.5, 0.6) is 0 Å². The monoisotopic (exact) mass is 291 g/mol. The molecule has 0 aliphatic rings. The summed E-state index contributed by atoms with van der Waals surface area (Å²) in [5, 5.41) is 4.98. The van der Waals surface area contributed by atoms with Crippen LogP contribution in [0, 0.1) is 0 Å². The molecule has 2 N–H and O–H groups in total. The topological polar surface area (TPSA) is 67.9 Å². The van der Waals surface area contributed by atoms with Gasteiger partial charge in [-0.15, -0.1) is 22.7 Å². The van der Waals surface area contributed by atoms with Gasteiger partial charge in [0, 0.05) is 11.9 Å². The molecule has 5 nitrogen and oxygen atoms in total. The smallest absolute Gasteiger partial charge is 0.146 e. The number of fused-ring (bicyclic) bond motifs is 1. The Hall–Kier alpha value is -1.57. The van der Waals surface area contributed by atoms with Gasteiger partial charge in [-0.1, -0.05) is 0 Å². The maximum Gasteiger partial charge on any atom is 0.146 e. The first-order valence-electron chi connectivity index (χ1n) is 5.77. The van der Waals surface area contributed by atoms with Crippen molar-refractivity contribution in [3.05, 3.63) is 33.9 Å². The van der Waals surface area contributed by atoms with Gasteiger partial charge in [-0.25, -0.2) is 15.0 Å². The highest BCUT2D eigenvalue weighted by Gasteiger charge is 2.09. The Bertz CT molecular complexity index is 677. The fourth-order valence-electron chi connectivity index (χ4n) is 1.88. The lowest BCUT2D eigenvalue weighted by Gasteiger charge is -2.14. The quantitative estimate of drug-likeness (QED) is 0.799. The standard InChI is InChI=1S/C12H13N5S2/c1-17(4-8-6-18-7-14-8)5-10-15-11(13)9-2-3-19-12(9)16-10/h2-3,6-7H,4-5H2,1H3,(H2,13,15,16). The van der Waals surface area contributed by atoms with E-state index in [2.05, 4.69) is 19.9 Å². The molecule has 0 saturated heterocycles. The number of nitrogens with zero attached hydrogens (tertiary/aromatic N) is 4. The van der Waals surface area contributed by atoms with E-state index in [1.54, 1.807) is 22.7 Å². The van der Waals surface area contributed by atoms with Crippen LogP contribution in [-0.4, -0.2) is 26.9 Å². The number of hydrogen-bond donors (Lipinski definition) is 1. The molecule has 0 spiro atoms. The van der Waals surface area contributed by atoms with Crippen molar-refractivity contribution >= 4 is 38.7 Å². The van der Waals surface area contributed by atoms with Crippen LogP contribution in [0.15, 0.2) is 22.3 Å². The van der Waals surface area contributed by atoms with Crippen molar-refractivity contribution in [1.82, 2.24) is 19.9 Å². The van der Waals surface area contributed by atoms with Crippen molar-refractivity contribution in [2.75, 3.05) is 12.8 Å². The molecule has 0 radical (unpaired) electrons. The number of thiophene rings is 1. The fourth-order valence-corrected chi connectivity index (χ4v) is 3.22. The Labute approximate surface area is 118 Å². The number of anilines is 1. The molecule has 0 atom stereocenters. The van der Waals surface area contributed by atoms with E-state index in [0.29, 0.717) is 12.4 Å². The number of aromatic nitrogens is 3. The second-order valence-electron chi connectivity index (χ2n) is 4.32. The zero-order chi connectivity index (χ0) is 13.2. The molecule has 0 aromatic carbocycles. The van der Waals surface area contributed by atoms with Crippen LogP contribution in [0.3, 0.4) is 0 Å². The van der Waals surface area contributed by atoms with Crippen LogP contribution in [0.2, 0.25) is 0 Å². The Kier molecular flexibility index (Phi) is 3.41. The number of rotatable bonds is 4. The van der Waals surface area contributed by atoms with Gasteiger partial charge in [-0.2, -0.15) is 0 Å². The molecule has 3 rings (SSSR count). The molecule has 0 unspecified atom stereocenters. The predicted molar refractivity (Wildman–Crippen MR) is 79.1 cm³/mol. The molecule has 19 heavy (non-hydrogen) atoms. The first kappa shape index (κ1) is 12.5. The molecule has 0 bridgehead atoms. The lowest BCUT2D eigenvalue weighted by molar-refractivity contribution is 0.308. The van der Waals surface area contributed by atoms with Gasteiger partial charge in [-0.05, 0) is 18.5 Å². The lowest BCUT2D eigenvalue weighted by atomic mass is 10.3. The molecular weight excluding hydrogens is 278 g/mol. The molecule has 0 amide bonds. The summed E-state index contributed by atoms with van der Waals surface area (Å²) < 4.78 is 0. The minimum atomic E-state index is 0.559. The third-order valence-electron chi connectivity index (χ3n) is 2.73. The van der Waals surface area contributed by atoms with Gasteiger partial charge in [0.25, 0.3) is 0 Å². The van der Waals surface area contributed by atoms with Gasteiger partial charge in [0.05, 0.1) is 23.1 Å². The molecule has 3 aromatic heterocycles. The molecule has 0 aliphatic carbocycles. The van der Waals surface area contributed by atoms with Crippen LogP contribution in [0.1, 0.15) is 11.5 Å². The van der Waals surface area contributed by atoms with Crippen molar-refractivity contribution in [2.45, 2.75) is 13.1 Å². The minimum Gasteiger partial charge on any atom is -0.383 e. The Morgan fingerprint density at radius 1 is 1.32 bits per heavy atom. The van der Waals surface area contributed by atoms with Gasteiger partial charge < -0.3 is 5.73 Å². The van der Waals surface area contributed by atoms with Crippen molar-refractivity contribution in [3.63, 3.8) is 0 Å². The fraction of sp³-hybridized carbons (Fsp3) is 0.250. The van der Waals surface area contributed by atoms with Crippen LogP contribution in [0.4, 0.5) is 5.82 Å². The molecular formula is C12H13N5S2. The van der Waals surface area contributed by atoms with E-state index in [0.717, 1.165) is 28.3 Å². The molecule has 0 aliphatic heterocycles. The summed E-state index contributed by atoms with van der Waals surface area (Å²) in [6.07, 6.45) is 0. The SMILES string of the molecule is CN(Cc1cscn1)Cc1nc(N)c2ccsc2n1.